The van der Waals surface area contributed by atoms with Crippen molar-refractivity contribution in [2.24, 2.45) is 0 Å². The Hall–Kier alpha value is -1.93. The van der Waals surface area contributed by atoms with Crippen LogP contribution < -0.4 is 9.47 Å². The highest BCUT2D eigenvalue weighted by molar-refractivity contribution is 9.10. The number of carbonyl (C=O) groups excluding carboxylic acids is 1. The van der Waals surface area contributed by atoms with Crippen LogP contribution >= 0.6 is 27.5 Å². The zero-order chi connectivity index (χ0) is 20.2. The minimum absolute atomic E-state index is 0.262. The average molecular weight is 468 g/mol. The molecule has 2 aromatic rings. The fourth-order valence-corrected chi connectivity index (χ4v) is 3.10. The molecular weight excluding hydrogens is 453 g/mol. The molecular formula is C18H15BrClF3O4. The van der Waals surface area contributed by atoms with Crippen molar-refractivity contribution in [1.29, 1.82) is 0 Å². The third kappa shape index (κ3) is 5.29. The fourth-order valence-electron chi connectivity index (χ4n) is 2.31. The summed E-state index contributed by atoms with van der Waals surface area (Å²) in [5, 5.41) is 0.436. The molecule has 0 aliphatic heterocycles. The van der Waals surface area contributed by atoms with Crippen LogP contribution in [0.5, 0.6) is 11.5 Å². The first kappa shape index (κ1) is 21.4. The highest BCUT2D eigenvalue weighted by Gasteiger charge is 2.35. The summed E-state index contributed by atoms with van der Waals surface area (Å²) in [7, 11) is 1.06. The fraction of sp³-hybridized carbons (Fsp3) is 0.278. The van der Waals surface area contributed by atoms with Crippen molar-refractivity contribution in [3.8, 4) is 11.5 Å². The number of rotatable bonds is 5. The van der Waals surface area contributed by atoms with Gasteiger partial charge in [0, 0.05) is 16.7 Å². The summed E-state index contributed by atoms with van der Waals surface area (Å²) in [4.78, 5) is 11.3. The van der Waals surface area contributed by atoms with Gasteiger partial charge < -0.3 is 14.2 Å². The van der Waals surface area contributed by atoms with Crippen molar-refractivity contribution in [3.63, 3.8) is 0 Å². The van der Waals surface area contributed by atoms with Crippen LogP contribution in [0.15, 0.2) is 34.8 Å². The summed E-state index contributed by atoms with van der Waals surface area (Å²) in [6.45, 7) is 1.42. The maximum Gasteiger partial charge on any atom is 0.513 e. The molecule has 0 bridgehead atoms. The van der Waals surface area contributed by atoms with E-state index in [1.54, 1.807) is 6.07 Å². The molecule has 0 saturated carbocycles. The third-order valence-electron chi connectivity index (χ3n) is 3.65. The van der Waals surface area contributed by atoms with Crippen LogP contribution in [-0.4, -0.2) is 13.3 Å². The number of carbonyl (C=O) groups is 1. The van der Waals surface area contributed by atoms with Crippen molar-refractivity contribution in [1.82, 2.24) is 0 Å². The lowest BCUT2D eigenvalue weighted by molar-refractivity contribution is -0.138. The number of halogens is 5. The second-order valence-corrected chi connectivity index (χ2v) is 6.61. The second kappa shape index (κ2) is 8.84. The Morgan fingerprint density at radius 1 is 1.22 bits per heavy atom. The number of alkyl halides is 3. The first-order valence-corrected chi connectivity index (χ1v) is 8.90. The Bertz CT molecular complexity index is 840. The van der Waals surface area contributed by atoms with Gasteiger partial charge in [-0.15, -0.1) is 0 Å². The normalized spacial score (nSPS) is 11.2. The van der Waals surface area contributed by atoms with Crippen LogP contribution in [0.2, 0.25) is 5.02 Å². The maximum absolute atomic E-state index is 13.4. The van der Waals surface area contributed by atoms with Gasteiger partial charge in [0.1, 0.15) is 18.1 Å². The quantitative estimate of drug-likeness (QED) is 0.377. The molecule has 0 aliphatic rings. The average Bonchev–Trinajstić information content (AvgIpc) is 2.61. The molecule has 0 saturated heterocycles. The summed E-state index contributed by atoms with van der Waals surface area (Å²) in [5.41, 5.74) is -0.449. The third-order valence-corrected chi connectivity index (χ3v) is 4.62. The maximum atomic E-state index is 13.4. The Kier molecular flexibility index (Phi) is 7.00. The molecule has 0 spiro atoms. The van der Waals surface area contributed by atoms with Crippen molar-refractivity contribution in [2.45, 2.75) is 26.1 Å². The zero-order valence-corrected chi connectivity index (χ0v) is 16.7. The Balaban J connectivity index is 2.39. The topological polar surface area (TPSA) is 44.8 Å². The first-order valence-electron chi connectivity index (χ1n) is 7.73. The summed E-state index contributed by atoms with van der Waals surface area (Å²) >= 11 is 9.45. The lowest BCUT2D eigenvalue weighted by Gasteiger charge is -2.17. The lowest BCUT2D eigenvalue weighted by Crippen LogP contribution is -2.15. The van der Waals surface area contributed by atoms with E-state index in [1.807, 2.05) is 6.92 Å². The SMILES string of the molecule is CCc1cc(Br)c(OCc2c(OC(=O)OC)cccc2C(F)(F)F)cc1Cl. The van der Waals surface area contributed by atoms with E-state index in [9.17, 15) is 18.0 Å². The summed E-state index contributed by atoms with van der Waals surface area (Å²) in [6, 6.07) is 6.49. The molecule has 0 heterocycles. The number of hydrogen-bond donors (Lipinski definition) is 0. The number of hydrogen-bond acceptors (Lipinski definition) is 4. The number of methoxy groups -OCH3 is 1. The van der Waals surface area contributed by atoms with Crippen LogP contribution in [0.4, 0.5) is 18.0 Å². The van der Waals surface area contributed by atoms with Crippen LogP contribution in [0.1, 0.15) is 23.6 Å². The van der Waals surface area contributed by atoms with E-state index < -0.39 is 24.5 Å². The molecule has 0 N–H and O–H groups in total. The molecule has 0 atom stereocenters. The van der Waals surface area contributed by atoms with Gasteiger partial charge in [-0.25, -0.2) is 4.79 Å². The molecule has 2 rings (SSSR count). The van der Waals surface area contributed by atoms with E-state index in [0.29, 0.717) is 15.9 Å². The van der Waals surface area contributed by atoms with Gasteiger partial charge in [0.15, 0.2) is 0 Å². The van der Waals surface area contributed by atoms with Crippen molar-refractivity contribution < 1.29 is 32.2 Å². The molecule has 0 aromatic heterocycles. The second-order valence-electron chi connectivity index (χ2n) is 5.35. The largest absolute Gasteiger partial charge is 0.513 e. The summed E-state index contributed by atoms with van der Waals surface area (Å²) in [5.74, 6) is -0.0396. The van der Waals surface area contributed by atoms with Crippen LogP contribution in [0.25, 0.3) is 0 Å². The number of ether oxygens (including phenoxy) is 3. The monoisotopic (exact) mass is 466 g/mol. The molecule has 0 amide bonds. The van der Waals surface area contributed by atoms with Gasteiger partial charge in [-0.05, 0) is 46.1 Å². The zero-order valence-electron chi connectivity index (χ0n) is 14.3. The molecule has 0 fully saturated rings. The van der Waals surface area contributed by atoms with Gasteiger partial charge in [-0.1, -0.05) is 24.6 Å². The number of benzene rings is 2. The Morgan fingerprint density at radius 3 is 2.52 bits per heavy atom. The van der Waals surface area contributed by atoms with E-state index >= 15 is 0 Å². The predicted molar refractivity (Wildman–Crippen MR) is 97.3 cm³/mol. The van der Waals surface area contributed by atoms with Crippen molar-refractivity contribution in [3.05, 3.63) is 56.5 Å². The van der Waals surface area contributed by atoms with Crippen LogP contribution in [0.3, 0.4) is 0 Å². The molecule has 0 aliphatic carbocycles. The predicted octanol–water partition coefficient (Wildman–Crippen LogP) is 6.41. The first-order chi connectivity index (χ1) is 12.7. The van der Waals surface area contributed by atoms with E-state index in [-0.39, 0.29) is 17.1 Å². The van der Waals surface area contributed by atoms with Crippen molar-refractivity contribution >= 4 is 33.7 Å². The lowest BCUT2D eigenvalue weighted by atomic mass is 10.1. The van der Waals surface area contributed by atoms with Gasteiger partial charge in [0.25, 0.3) is 0 Å². The van der Waals surface area contributed by atoms with Crippen LogP contribution in [-0.2, 0) is 23.9 Å². The highest BCUT2D eigenvalue weighted by Crippen LogP contribution is 2.38. The minimum atomic E-state index is -4.66. The van der Waals surface area contributed by atoms with Crippen LogP contribution in [0, 0.1) is 0 Å². The van der Waals surface area contributed by atoms with Gasteiger partial charge >= 0.3 is 12.3 Å². The summed E-state index contributed by atoms with van der Waals surface area (Å²) < 4.78 is 55.3. The van der Waals surface area contributed by atoms with Gasteiger partial charge in [-0.3, -0.25) is 0 Å². The smallest absolute Gasteiger partial charge is 0.488 e. The minimum Gasteiger partial charge on any atom is -0.488 e. The van der Waals surface area contributed by atoms with E-state index in [4.69, 9.17) is 21.1 Å². The summed E-state index contributed by atoms with van der Waals surface area (Å²) in [6.07, 6.45) is -5.10. The number of aryl methyl sites for hydroxylation is 1. The van der Waals surface area contributed by atoms with Gasteiger partial charge in [0.2, 0.25) is 0 Å². The molecule has 2 aromatic carbocycles. The molecule has 0 unspecified atom stereocenters. The van der Waals surface area contributed by atoms with E-state index in [0.717, 1.165) is 24.8 Å². The Morgan fingerprint density at radius 2 is 1.93 bits per heavy atom. The molecule has 27 heavy (non-hydrogen) atoms. The molecule has 9 heteroatoms. The standard InChI is InChI=1S/C18H15BrClF3O4/c1-3-10-7-13(19)16(8-14(10)20)26-9-11-12(18(21,22)23)5-4-6-15(11)27-17(24)25-2/h4-8H,3,9H2,1-2H3. The van der Waals surface area contributed by atoms with Gasteiger partial charge in [-0.2, -0.15) is 13.2 Å². The molecule has 0 radical (unpaired) electrons. The molecule has 4 nitrogen and oxygen atoms in total. The Labute approximate surface area is 167 Å². The highest BCUT2D eigenvalue weighted by atomic mass is 79.9. The van der Waals surface area contributed by atoms with E-state index in [1.165, 1.54) is 12.1 Å². The van der Waals surface area contributed by atoms with Gasteiger partial charge in [0.05, 0.1) is 17.1 Å². The van der Waals surface area contributed by atoms with E-state index in [2.05, 4.69) is 20.7 Å². The molecule has 146 valence electrons. The van der Waals surface area contributed by atoms with Crippen molar-refractivity contribution in [2.75, 3.05) is 7.11 Å².